The van der Waals surface area contributed by atoms with Gasteiger partial charge in [0.05, 0.1) is 6.54 Å². The molecule has 2 rings (SSSR count). The number of nitrogens with one attached hydrogen (secondary N) is 1. The van der Waals surface area contributed by atoms with E-state index in [1.54, 1.807) is 0 Å². The topological polar surface area (TPSA) is 88.8 Å². The Morgan fingerprint density at radius 2 is 1.91 bits per heavy atom. The van der Waals surface area contributed by atoms with Gasteiger partial charge < -0.3 is 19.6 Å². The molecule has 0 aliphatic carbocycles. The lowest BCUT2D eigenvalue weighted by molar-refractivity contribution is -0.123. The Kier molecular flexibility index (Phi) is 5.19. The summed E-state index contributed by atoms with van der Waals surface area (Å²) in [6.45, 7) is 2.07. The number of carboxylic acid groups (broad SMARTS) is 1. The van der Waals surface area contributed by atoms with Gasteiger partial charge in [0.15, 0.2) is 6.61 Å². The SMILES string of the molecule is CCc1ccc(OCC(=O)NCc2ccc(C(=O)O)o2)cc1. The Morgan fingerprint density at radius 1 is 1.18 bits per heavy atom. The highest BCUT2D eigenvalue weighted by molar-refractivity contribution is 5.84. The number of carbonyl (C=O) groups is 2. The molecule has 1 heterocycles. The number of aryl methyl sites for hydroxylation is 1. The molecular weight excluding hydrogens is 286 g/mol. The number of hydrogen-bond acceptors (Lipinski definition) is 4. The van der Waals surface area contributed by atoms with Crippen LogP contribution < -0.4 is 10.1 Å². The van der Waals surface area contributed by atoms with Gasteiger partial charge in [0, 0.05) is 0 Å². The second-order valence-corrected chi connectivity index (χ2v) is 4.63. The average Bonchev–Trinajstić information content (AvgIpc) is 3.00. The standard InChI is InChI=1S/C16H17NO5/c1-2-11-3-5-12(6-4-11)21-10-15(18)17-9-13-7-8-14(22-13)16(19)20/h3-8H,2,9-10H2,1H3,(H,17,18)(H,19,20). The number of aromatic carboxylic acids is 1. The van der Waals surface area contributed by atoms with Crippen molar-refractivity contribution in [2.45, 2.75) is 19.9 Å². The molecule has 0 aliphatic heterocycles. The van der Waals surface area contributed by atoms with E-state index >= 15 is 0 Å². The van der Waals surface area contributed by atoms with Gasteiger partial charge in [-0.3, -0.25) is 4.79 Å². The van der Waals surface area contributed by atoms with Crippen LogP contribution in [-0.4, -0.2) is 23.6 Å². The first-order chi connectivity index (χ1) is 10.6. The molecule has 0 bridgehead atoms. The second-order valence-electron chi connectivity index (χ2n) is 4.63. The summed E-state index contributed by atoms with van der Waals surface area (Å²) in [5.74, 6) is -0.614. The first-order valence-electron chi connectivity index (χ1n) is 6.89. The van der Waals surface area contributed by atoms with E-state index in [0.717, 1.165) is 6.42 Å². The van der Waals surface area contributed by atoms with Crippen LogP contribution in [0.15, 0.2) is 40.8 Å². The van der Waals surface area contributed by atoms with E-state index in [9.17, 15) is 9.59 Å². The molecule has 0 fully saturated rings. The van der Waals surface area contributed by atoms with E-state index in [1.807, 2.05) is 24.3 Å². The molecule has 6 heteroatoms. The third kappa shape index (κ3) is 4.37. The lowest BCUT2D eigenvalue weighted by atomic mass is 10.2. The highest BCUT2D eigenvalue weighted by atomic mass is 16.5. The van der Waals surface area contributed by atoms with Crippen LogP contribution in [0.5, 0.6) is 5.75 Å². The number of benzene rings is 1. The first kappa shape index (κ1) is 15.6. The zero-order valence-corrected chi connectivity index (χ0v) is 12.2. The number of carboxylic acids is 1. The van der Waals surface area contributed by atoms with Gasteiger partial charge in [-0.1, -0.05) is 19.1 Å². The molecule has 0 atom stereocenters. The predicted molar refractivity (Wildman–Crippen MR) is 78.8 cm³/mol. The maximum Gasteiger partial charge on any atom is 0.371 e. The van der Waals surface area contributed by atoms with Crippen molar-refractivity contribution >= 4 is 11.9 Å². The van der Waals surface area contributed by atoms with Gasteiger partial charge in [-0.05, 0) is 36.2 Å². The Hall–Kier alpha value is -2.76. The minimum absolute atomic E-state index is 0.113. The third-order valence-electron chi connectivity index (χ3n) is 3.03. The fourth-order valence-corrected chi connectivity index (χ4v) is 1.79. The van der Waals surface area contributed by atoms with Crippen LogP contribution in [0.2, 0.25) is 0 Å². The lowest BCUT2D eigenvalue weighted by Gasteiger charge is -2.07. The molecule has 2 aromatic rings. The van der Waals surface area contributed by atoms with Crippen molar-refractivity contribution in [1.29, 1.82) is 0 Å². The number of rotatable bonds is 7. The number of ether oxygens (including phenoxy) is 1. The maximum absolute atomic E-state index is 11.7. The lowest BCUT2D eigenvalue weighted by Crippen LogP contribution is -2.28. The molecule has 0 saturated heterocycles. The van der Waals surface area contributed by atoms with Gasteiger partial charge in [-0.2, -0.15) is 0 Å². The normalized spacial score (nSPS) is 10.2. The zero-order valence-electron chi connectivity index (χ0n) is 12.2. The molecule has 0 aliphatic rings. The van der Waals surface area contributed by atoms with Gasteiger partial charge >= 0.3 is 5.97 Å². The van der Waals surface area contributed by atoms with Crippen molar-refractivity contribution in [3.05, 3.63) is 53.5 Å². The van der Waals surface area contributed by atoms with Crippen molar-refractivity contribution < 1.29 is 23.8 Å². The molecule has 2 N–H and O–H groups in total. The van der Waals surface area contributed by atoms with E-state index in [-0.39, 0.29) is 24.8 Å². The van der Waals surface area contributed by atoms with Crippen molar-refractivity contribution in [2.24, 2.45) is 0 Å². The van der Waals surface area contributed by atoms with Crippen LogP contribution in [0.1, 0.15) is 28.8 Å². The summed E-state index contributed by atoms with van der Waals surface area (Å²) in [4.78, 5) is 22.3. The fraction of sp³-hybridized carbons (Fsp3) is 0.250. The summed E-state index contributed by atoms with van der Waals surface area (Å²) < 4.78 is 10.4. The Bertz CT molecular complexity index is 645. The maximum atomic E-state index is 11.7. The van der Waals surface area contributed by atoms with Gasteiger partial charge in [0.25, 0.3) is 5.91 Å². The van der Waals surface area contributed by atoms with Crippen molar-refractivity contribution in [3.8, 4) is 5.75 Å². The van der Waals surface area contributed by atoms with Crippen molar-refractivity contribution in [3.63, 3.8) is 0 Å². The largest absolute Gasteiger partial charge is 0.484 e. The Labute approximate surface area is 127 Å². The Balaban J connectivity index is 1.76. The highest BCUT2D eigenvalue weighted by Gasteiger charge is 2.10. The van der Waals surface area contributed by atoms with Crippen LogP contribution in [0.3, 0.4) is 0 Å². The number of amides is 1. The summed E-state index contributed by atoms with van der Waals surface area (Å²) >= 11 is 0. The predicted octanol–water partition coefficient (Wildman–Crippen LogP) is 2.24. The zero-order chi connectivity index (χ0) is 15.9. The number of carbonyl (C=O) groups excluding carboxylic acids is 1. The van der Waals surface area contributed by atoms with Gasteiger partial charge in [-0.25, -0.2) is 4.79 Å². The molecule has 0 unspecified atom stereocenters. The molecule has 0 radical (unpaired) electrons. The minimum Gasteiger partial charge on any atom is -0.484 e. The molecule has 6 nitrogen and oxygen atoms in total. The molecule has 116 valence electrons. The van der Waals surface area contributed by atoms with Crippen molar-refractivity contribution in [1.82, 2.24) is 5.32 Å². The van der Waals surface area contributed by atoms with E-state index in [0.29, 0.717) is 11.5 Å². The monoisotopic (exact) mass is 303 g/mol. The molecule has 0 spiro atoms. The van der Waals surface area contributed by atoms with Gasteiger partial charge in [0.2, 0.25) is 5.76 Å². The number of furan rings is 1. The van der Waals surface area contributed by atoms with Crippen LogP contribution >= 0.6 is 0 Å². The van der Waals surface area contributed by atoms with Gasteiger partial charge in [-0.15, -0.1) is 0 Å². The van der Waals surface area contributed by atoms with Crippen LogP contribution in [0.4, 0.5) is 0 Å². The summed E-state index contributed by atoms with van der Waals surface area (Å²) in [6, 6.07) is 10.4. The van der Waals surface area contributed by atoms with Crippen LogP contribution in [-0.2, 0) is 17.8 Å². The number of hydrogen-bond donors (Lipinski definition) is 2. The summed E-state index contributed by atoms with van der Waals surface area (Å²) in [6.07, 6.45) is 0.947. The van der Waals surface area contributed by atoms with Crippen LogP contribution in [0.25, 0.3) is 0 Å². The Morgan fingerprint density at radius 3 is 2.50 bits per heavy atom. The summed E-state index contributed by atoms with van der Waals surface area (Å²) in [5.41, 5.74) is 1.20. The molecule has 22 heavy (non-hydrogen) atoms. The summed E-state index contributed by atoms with van der Waals surface area (Å²) in [7, 11) is 0. The van der Waals surface area contributed by atoms with E-state index in [2.05, 4.69) is 12.2 Å². The summed E-state index contributed by atoms with van der Waals surface area (Å²) in [5, 5.41) is 11.3. The van der Waals surface area contributed by atoms with E-state index in [1.165, 1.54) is 17.7 Å². The molecule has 0 saturated carbocycles. The van der Waals surface area contributed by atoms with Crippen LogP contribution in [0, 0.1) is 0 Å². The van der Waals surface area contributed by atoms with Gasteiger partial charge in [0.1, 0.15) is 11.5 Å². The molecule has 1 amide bonds. The fourth-order valence-electron chi connectivity index (χ4n) is 1.79. The molecule has 1 aromatic carbocycles. The molecule has 1 aromatic heterocycles. The second kappa shape index (κ2) is 7.31. The first-order valence-corrected chi connectivity index (χ1v) is 6.89. The minimum atomic E-state index is -1.14. The smallest absolute Gasteiger partial charge is 0.371 e. The van der Waals surface area contributed by atoms with Crippen molar-refractivity contribution in [2.75, 3.05) is 6.61 Å². The van der Waals surface area contributed by atoms with E-state index < -0.39 is 5.97 Å². The molecular formula is C16H17NO5. The highest BCUT2D eigenvalue weighted by Crippen LogP contribution is 2.12. The third-order valence-corrected chi connectivity index (χ3v) is 3.03. The average molecular weight is 303 g/mol. The quantitative estimate of drug-likeness (QED) is 0.819. The van der Waals surface area contributed by atoms with E-state index in [4.69, 9.17) is 14.3 Å².